The minimum atomic E-state index is -5.24. The van der Waals surface area contributed by atoms with Gasteiger partial charge in [0.2, 0.25) is 5.60 Å². The molecule has 98 valence electrons. The predicted molar refractivity (Wildman–Crippen MR) is 53.6 cm³/mol. The molecule has 18 heavy (non-hydrogen) atoms. The van der Waals surface area contributed by atoms with Crippen molar-refractivity contribution in [3.8, 4) is 0 Å². The van der Waals surface area contributed by atoms with Crippen LogP contribution in [0.2, 0.25) is 0 Å². The van der Waals surface area contributed by atoms with Crippen LogP contribution in [0.1, 0.15) is 12.5 Å². The van der Waals surface area contributed by atoms with Crippen LogP contribution in [0.3, 0.4) is 0 Å². The quantitative estimate of drug-likeness (QED) is 0.847. The Balaban J connectivity index is 3.11. The highest BCUT2D eigenvalue weighted by Crippen LogP contribution is 2.29. The summed E-state index contributed by atoms with van der Waals surface area (Å²) in [5, 5.41) is 8.96. The van der Waals surface area contributed by atoms with Gasteiger partial charge in [-0.25, -0.2) is 9.59 Å². The number of carbonyl (C=O) groups is 2. The molecule has 0 spiro atoms. The largest absolute Gasteiger partial charge is 0.490 e. The van der Waals surface area contributed by atoms with Crippen LogP contribution in [-0.4, -0.2) is 23.2 Å². The molecule has 1 rings (SSSR count). The molecule has 0 aliphatic rings. The number of hydrogen-bond acceptors (Lipinski definition) is 3. The lowest BCUT2D eigenvalue weighted by molar-refractivity contribution is -0.217. The Labute approximate surface area is 100.0 Å². The molecule has 0 amide bonds. The maximum Gasteiger partial charge on any atom is 0.490 e. The standard InChI is InChI=1S/C11H9F3O4/c1-10(8(15)16,7-5-3-2-4-6-7)18-9(17)11(12,13)14/h2-6H,1H3,(H,15,16)/t10-/m1/s1. The van der Waals surface area contributed by atoms with Crippen molar-refractivity contribution in [1.82, 2.24) is 0 Å². The fraction of sp³-hybridized carbons (Fsp3) is 0.273. The van der Waals surface area contributed by atoms with E-state index in [1.54, 1.807) is 6.07 Å². The third-order valence-corrected chi connectivity index (χ3v) is 2.26. The molecule has 1 atom stereocenters. The number of hydrogen-bond donors (Lipinski definition) is 1. The van der Waals surface area contributed by atoms with E-state index in [9.17, 15) is 22.8 Å². The molecular weight excluding hydrogens is 253 g/mol. The van der Waals surface area contributed by atoms with Crippen LogP contribution in [0.5, 0.6) is 0 Å². The van der Waals surface area contributed by atoms with Crippen molar-refractivity contribution in [2.45, 2.75) is 18.7 Å². The van der Waals surface area contributed by atoms with Crippen LogP contribution in [-0.2, 0) is 19.9 Å². The molecule has 0 unspecified atom stereocenters. The highest BCUT2D eigenvalue weighted by molar-refractivity contribution is 5.84. The average molecular weight is 262 g/mol. The summed E-state index contributed by atoms with van der Waals surface area (Å²) in [4.78, 5) is 21.8. The van der Waals surface area contributed by atoms with Crippen molar-refractivity contribution < 1.29 is 32.6 Å². The zero-order valence-corrected chi connectivity index (χ0v) is 9.19. The topological polar surface area (TPSA) is 63.6 Å². The van der Waals surface area contributed by atoms with Crippen LogP contribution in [0.4, 0.5) is 13.2 Å². The number of rotatable bonds is 3. The Morgan fingerprint density at radius 1 is 1.17 bits per heavy atom. The summed E-state index contributed by atoms with van der Waals surface area (Å²) in [5.74, 6) is -4.23. The van der Waals surface area contributed by atoms with E-state index >= 15 is 0 Å². The van der Waals surface area contributed by atoms with Gasteiger partial charge in [-0.05, 0) is 6.92 Å². The van der Waals surface area contributed by atoms with E-state index in [1.807, 2.05) is 0 Å². The molecule has 0 saturated carbocycles. The molecule has 1 aromatic rings. The molecule has 0 heterocycles. The summed E-state index contributed by atoms with van der Waals surface area (Å²) < 4.78 is 40.4. The normalized spacial score (nSPS) is 14.7. The number of carbonyl (C=O) groups excluding carboxylic acids is 1. The molecule has 0 aliphatic carbocycles. The Hall–Kier alpha value is -2.05. The summed E-state index contributed by atoms with van der Waals surface area (Å²) in [6.07, 6.45) is -5.24. The second kappa shape index (κ2) is 4.67. The van der Waals surface area contributed by atoms with E-state index in [1.165, 1.54) is 24.3 Å². The summed E-state index contributed by atoms with van der Waals surface area (Å²) in [7, 11) is 0. The molecule has 0 radical (unpaired) electrons. The minimum Gasteiger partial charge on any atom is -0.478 e. The lowest BCUT2D eigenvalue weighted by Gasteiger charge is -2.25. The van der Waals surface area contributed by atoms with Gasteiger partial charge in [0, 0.05) is 5.56 Å². The van der Waals surface area contributed by atoms with Gasteiger partial charge in [-0.1, -0.05) is 30.3 Å². The number of alkyl halides is 3. The third-order valence-electron chi connectivity index (χ3n) is 2.26. The van der Waals surface area contributed by atoms with Gasteiger partial charge in [-0.3, -0.25) is 0 Å². The number of ether oxygens (including phenoxy) is 1. The van der Waals surface area contributed by atoms with Crippen LogP contribution in [0, 0.1) is 0 Å². The Morgan fingerprint density at radius 3 is 2.06 bits per heavy atom. The summed E-state index contributed by atoms with van der Waals surface area (Å²) >= 11 is 0. The van der Waals surface area contributed by atoms with Crippen molar-refractivity contribution in [3.05, 3.63) is 35.9 Å². The highest BCUT2D eigenvalue weighted by Gasteiger charge is 2.48. The fourth-order valence-corrected chi connectivity index (χ4v) is 1.23. The van der Waals surface area contributed by atoms with Crippen molar-refractivity contribution in [2.24, 2.45) is 0 Å². The average Bonchev–Trinajstić information content (AvgIpc) is 2.28. The first-order chi connectivity index (χ1) is 8.18. The number of esters is 1. The smallest absolute Gasteiger partial charge is 0.478 e. The lowest BCUT2D eigenvalue weighted by atomic mass is 9.96. The number of halogens is 3. The second-order valence-corrected chi connectivity index (χ2v) is 3.59. The monoisotopic (exact) mass is 262 g/mol. The van der Waals surface area contributed by atoms with Gasteiger partial charge in [0.25, 0.3) is 0 Å². The number of aliphatic carboxylic acids is 1. The summed E-state index contributed by atoms with van der Waals surface area (Å²) in [6, 6.07) is 6.93. The highest BCUT2D eigenvalue weighted by atomic mass is 19.4. The van der Waals surface area contributed by atoms with E-state index in [4.69, 9.17) is 5.11 Å². The molecule has 0 fully saturated rings. The number of carboxylic acids is 1. The van der Waals surface area contributed by atoms with Gasteiger partial charge in [0.15, 0.2) is 0 Å². The van der Waals surface area contributed by atoms with Gasteiger partial charge in [0.1, 0.15) is 0 Å². The van der Waals surface area contributed by atoms with Crippen molar-refractivity contribution in [2.75, 3.05) is 0 Å². The Bertz CT molecular complexity index is 455. The predicted octanol–water partition coefficient (Wildman–Crippen LogP) is 2.09. The zero-order valence-electron chi connectivity index (χ0n) is 9.19. The Morgan fingerprint density at radius 2 is 1.67 bits per heavy atom. The van der Waals surface area contributed by atoms with E-state index < -0.39 is 23.7 Å². The van der Waals surface area contributed by atoms with Gasteiger partial charge in [-0.15, -0.1) is 0 Å². The van der Waals surface area contributed by atoms with Gasteiger partial charge >= 0.3 is 18.1 Å². The molecule has 1 N–H and O–H groups in total. The second-order valence-electron chi connectivity index (χ2n) is 3.59. The van der Waals surface area contributed by atoms with E-state index in [-0.39, 0.29) is 5.56 Å². The van der Waals surface area contributed by atoms with Crippen molar-refractivity contribution >= 4 is 11.9 Å². The number of benzene rings is 1. The number of carboxylic acid groups (broad SMARTS) is 1. The first-order valence-electron chi connectivity index (χ1n) is 4.77. The van der Waals surface area contributed by atoms with Gasteiger partial charge in [-0.2, -0.15) is 13.2 Å². The molecule has 0 saturated heterocycles. The molecule has 7 heteroatoms. The van der Waals surface area contributed by atoms with Crippen LogP contribution >= 0.6 is 0 Å². The van der Waals surface area contributed by atoms with E-state index in [0.717, 1.165) is 6.92 Å². The zero-order chi connectivity index (χ0) is 14.0. The third kappa shape index (κ3) is 2.79. The first kappa shape index (κ1) is 14.0. The first-order valence-corrected chi connectivity index (χ1v) is 4.77. The summed E-state index contributed by atoms with van der Waals surface area (Å²) in [6.45, 7) is 0.883. The fourth-order valence-electron chi connectivity index (χ4n) is 1.23. The van der Waals surface area contributed by atoms with Crippen molar-refractivity contribution in [3.63, 3.8) is 0 Å². The van der Waals surface area contributed by atoms with E-state index in [0.29, 0.717) is 0 Å². The molecule has 1 aromatic carbocycles. The van der Waals surface area contributed by atoms with Crippen LogP contribution in [0.15, 0.2) is 30.3 Å². The minimum absolute atomic E-state index is 0.0601. The van der Waals surface area contributed by atoms with Gasteiger partial charge in [0.05, 0.1) is 0 Å². The lowest BCUT2D eigenvalue weighted by Crippen LogP contribution is -2.41. The van der Waals surface area contributed by atoms with Crippen LogP contribution in [0.25, 0.3) is 0 Å². The van der Waals surface area contributed by atoms with E-state index in [2.05, 4.69) is 4.74 Å². The SMILES string of the molecule is C[C@](OC(=O)C(F)(F)F)(C(=O)O)c1ccccc1. The van der Waals surface area contributed by atoms with Crippen LogP contribution < -0.4 is 0 Å². The summed E-state index contributed by atoms with van der Waals surface area (Å²) in [5.41, 5.74) is -2.44. The molecule has 0 aliphatic heterocycles. The maximum atomic E-state index is 12.1. The van der Waals surface area contributed by atoms with Crippen molar-refractivity contribution in [1.29, 1.82) is 0 Å². The molecule has 4 nitrogen and oxygen atoms in total. The Kier molecular flexibility index (Phi) is 3.64. The molecule has 0 aromatic heterocycles. The van der Waals surface area contributed by atoms with Gasteiger partial charge < -0.3 is 9.84 Å². The molecule has 0 bridgehead atoms. The molecular formula is C11H9F3O4. The maximum absolute atomic E-state index is 12.1.